The molecule has 4 nitrogen and oxygen atoms in total. The third-order valence-corrected chi connectivity index (χ3v) is 9.84. The molecule has 4 aromatic carbocycles. The Kier molecular flexibility index (Phi) is 12.0. The Labute approximate surface area is 305 Å². The van der Waals surface area contributed by atoms with Crippen molar-refractivity contribution in [2.75, 3.05) is 0 Å². The summed E-state index contributed by atoms with van der Waals surface area (Å²) < 4.78 is 11.9. The lowest BCUT2D eigenvalue weighted by atomic mass is 9.99. The van der Waals surface area contributed by atoms with Gasteiger partial charge in [-0.15, -0.1) is 0 Å². The second-order valence-corrected chi connectivity index (χ2v) is 15.0. The molecule has 0 aliphatic rings. The van der Waals surface area contributed by atoms with E-state index < -0.39 is 0 Å². The summed E-state index contributed by atoms with van der Waals surface area (Å²) in [6, 6.07) is 34.5. The van der Waals surface area contributed by atoms with Crippen LogP contribution in [0, 0.1) is 0 Å². The Morgan fingerprint density at radius 3 is 1.71 bits per heavy atom. The summed E-state index contributed by atoms with van der Waals surface area (Å²) in [7, 11) is 6.28. The van der Waals surface area contributed by atoms with Crippen LogP contribution in [0.1, 0.15) is 101 Å². The molecule has 0 atom stereocenters. The van der Waals surface area contributed by atoms with E-state index in [2.05, 4.69) is 200 Å². The van der Waals surface area contributed by atoms with Crippen molar-refractivity contribution in [1.29, 1.82) is 0 Å². The van der Waals surface area contributed by atoms with Gasteiger partial charge in [-0.3, -0.25) is 0 Å². The zero-order valence-corrected chi connectivity index (χ0v) is 32.6. The second-order valence-electron chi connectivity index (χ2n) is 15.0. The third-order valence-electron chi connectivity index (χ3n) is 9.84. The Bertz CT molecular complexity index is 2320. The highest BCUT2D eigenvalue weighted by molar-refractivity contribution is 5.85. The first kappa shape index (κ1) is 37.3. The van der Waals surface area contributed by atoms with Gasteiger partial charge < -0.3 is 18.1 Å². The van der Waals surface area contributed by atoms with Crippen LogP contribution in [0.15, 0.2) is 126 Å². The summed E-state index contributed by atoms with van der Waals surface area (Å²) in [5.41, 5.74) is 10.6. The number of benzene rings is 4. The maximum atomic E-state index is 5.41. The SMILES string of the molecule is CC(C)c1ccc2c(ccn2C)c1.CC(C)c1cccc2c1ccn2C.CC(C)c1cccc2ccn(C)c12.CC(C)c1cccc2ccoc12. The van der Waals surface area contributed by atoms with Crippen molar-refractivity contribution < 1.29 is 4.42 Å². The Hall–Kier alpha value is -4.96. The number of aromatic nitrogens is 3. The zero-order chi connectivity index (χ0) is 36.8. The molecule has 0 amide bonds. The summed E-state index contributed by atoms with van der Waals surface area (Å²) in [5.74, 6) is 2.34. The van der Waals surface area contributed by atoms with Crippen LogP contribution in [0.5, 0.6) is 0 Å². The minimum absolute atomic E-state index is 0.528. The largest absolute Gasteiger partial charge is 0.464 e. The number of aryl methyl sites for hydroxylation is 3. The molecule has 0 spiro atoms. The van der Waals surface area contributed by atoms with Crippen molar-refractivity contribution in [1.82, 2.24) is 13.7 Å². The molecule has 4 aromatic heterocycles. The van der Waals surface area contributed by atoms with Gasteiger partial charge in [0.05, 0.1) is 11.8 Å². The van der Waals surface area contributed by atoms with Gasteiger partial charge in [-0.05, 0) is 99.2 Å². The number of rotatable bonds is 4. The van der Waals surface area contributed by atoms with Gasteiger partial charge in [-0.1, -0.05) is 110 Å². The highest BCUT2D eigenvalue weighted by Gasteiger charge is 2.08. The van der Waals surface area contributed by atoms with Gasteiger partial charge in [-0.25, -0.2) is 0 Å². The monoisotopic (exact) mass is 679 g/mol. The molecule has 0 fully saturated rings. The van der Waals surface area contributed by atoms with Crippen molar-refractivity contribution in [2.24, 2.45) is 21.1 Å². The standard InChI is InChI=1S/3C12H15N.C11H12O/c1-9(2)10-4-5-12-11(8-10)6-7-13(12)3;1-9(2)10-5-4-6-12-11(10)7-8-13(12)3;1-9(2)11-6-4-5-10-7-8-13(3)12(10)11;1-8(2)10-5-3-4-9-6-7-12-11(9)10/h3*4-9H,1-3H3;3-8H,1-2H3. The van der Waals surface area contributed by atoms with Crippen LogP contribution in [0.3, 0.4) is 0 Å². The van der Waals surface area contributed by atoms with Gasteiger partial charge in [-0.2, -0.15) is 0 Å². The minimum atomic E-state index is 0.528. The number of furan rings is 1. The van der Waals surface area contributed by atoms with Gasteiger partial charge in [0.15, 0.2) is 0 Å². The van der Waals surface area contributed by atoms with E-state index in [1.165, 1.54) is 60.3 Å². The Balaban J connectivity index is 0.000000132. The quantitative estimate of drug-likeness (QED) is 0.182. The fraction of sp³-hybridized carbons (Fsp3) is 0.319. The van der Waals surface area contributed by atoms with E-state index in [1.54, 1.807) is 6.26 Å². The van der Waals surface area contributed by atoms with E-state index >= 15 is 0 Å². The fourth-order valence-corrected chi connectivity index (χ4v) is 6.81. The summed E-state index contributed by atoms with van der Waals surface area (Å²) in [6.07, 6.45) is 8.10. The van der Waals surface area contributed by atoms with Crippen LogP contribution in [-0.4, -0.2) is 13.7 Å². The predicted molar refractivity (Wildman–Crippen MR) is 221 cm³/mol. The number of hydrogen-bond donors (Lipinski definition) is 0. The van der Waals surface area contributed by atoms with Crippen LogP contribution < -0.4 is 0 Å². The van der Waals surface area contributed by atoms with Gasteiger partial charge >= 0.3 is 0 Å². The van der Waals surface area contributed by atoms with Crippen molar-refractivity contribution in [3.8, 4) is 0 Å². The lowest BCUT2D eigenvalue weighted by Gasteiger charge is -2.08. The highest BCUT2D eigenvalue weighted by Crippen LogP contribution is 2.28. The molecule has 0 aliphatic carbocycles. The molecule has 0 N–H and O–H groups in total. The Morgan fingerprint density at radius 1 is 0.451 bits per heavy atom. The maximum Gasteiger partial charge on any atom is 0.137 e. The molecule has 0 aliphatic heterocycles. The molecule has 0 unspecified atom stereocenters. The molecular formula is C47H57N3O. The lowest BCUT2D eigenvalue weighted by molar-refractivity contribution is 0.607. The molecule has 0 bridgehead atoms. The predicted octanol–water partition coefficient (Wildman–Crippen LogP) is 13.5. The van der Waals surface area contributed by atoms with E-state index in [0.717, 1.165) is 5.58 Å². The van der Waals surface area contributed by atoms with Crippen LogP contribution in [0.2, 0.25) is 0 Å². The zero-order valence-electron chi connectivity index (χ0n) is 32.6. The molecule has 51 heavy (non-hydrogen) atoms. The molecule has 8 aromatic rings. The van der Waals surface area contributed by atoms with E-state index in [4.69, 9.17) is 4.42 Å². The van der Waals surface area contributed by atoms with Crippen molar-refractivity contribution in [2.45, 2.75) is 79.1 Å². The molecule has 4 heterocycles. The number of fused-ring (bicyclic) bond motifs is 4. The number of hydrogen-bond acceptors (Lipinski definition) is 1. The Morgan fingerprint density at radius 2 is 1.02 bits per heavy atom. The van der Waals surface area contributed by atoms with Gasteiger partial charge in [0.25, 0.3) is 0 Å². The van der Waals surface area contributed by atoms with Crippen LogP contribution in [0.4, 0.5) is 0 Å². The van der Waals surface area contributed by atoms with Gasteiger partial charge in [0.2, 0.25) is 0 Å². The number of para-hydroxylation sites is 2. The molecule has 0 radical (unpaired) electrons. The van der Waals surface area contributed by atoms with Gasteiger partial charge in [0.1, 0.15) is 5.58 Å². The second kappa shape index (κ2) is 16.4. The molecule has 8 rings (SSSR count). The molecule has 266 valence electrons. The average Bonchev–Trinajstić information content (AvgIpc) is 3.92. The molecule has 0 saturated carbocycles. The molecular weight excluding hydrogens is 623 g/mol. The van der Waals surface area contributed by atoms with Crippen LogP contribution in [-0.2, 0) is 21.1 Å². The van der Waals surface area contributed by atoms with E-state index in [0.29, 0.717) is 23.7 Å². The first-order chi connectivity index (χ1) is 24.4. The lowest BCUT2D eigenvalue weighted by Crippen LogP contribution is -1.93. The summed E-state index contributed by atoms with van der Waals surface area (Å²) in [5, 5.41) is 5.27. The molecule has 4 heteroatoms. The first-order valence-electron chi connectivity index (χ1n) is 18.5. The average molecular weight is 680 g/mol. The summed E-state index contributed by atoms with van der Waals surface area (Å²) in [6.45, 7) is 17.8. The normalized spacial score (nSPS) is 11.4. The highest BCUT2D eigenvalue weighted by atomic mass is 16.3. The smallest absolute Gasteiger partial charge is 0.137 e. The summed E-state index contributed by atoms with van der Waals surface area (Å²) in [4.78, 5) is 0. The van der Waals surface area contributed by atoms with Crippen molar-refractivity contribution in [3.05, 3.63) is 144 Å². The summed E-state index contributed by atoms with van der Waals surface area (Å²) >= 11 is 0. The van der Waals surface area contributed by atoms with E-state index in [9.17, 15) is 0 Å². The van der Waals surface area contributed by atoms with Crippen LogP contribution in [0.25, 0.3) is 43.7 Å². The van der Waals surface area contributed by atoms with E-state index in [1.807, 2.05) is 6.07 Å². The van der Waals surface area contributed by atoms with Gasteiger partial charge in [0, 0.05) is 61.5 Å². The minimum Gasteiger partial charge on any atom is -0.464 e. The van der Waals surface area contributed by atoms with Crippen molar-refractivity contribution in [3.63, 3.8) is 0 Å². The van der Waals surface area contributed by atoms with Crippen molar-refractivity contribution >= 4 is 43.7 Å². The third kappa shape index (κ3) is 8.51. The molecule has 0 saturated heterocycles. The van der Waals surface area contributed by atoms with Crippen LogP contribution >= 0.6 is 0 Å². The maximum absolute atomic E-state index is 5.41. The topological polar surface area (TPSA) is 27.9 Å². The fourth-order valence-electron chi connectivity index (χ4n) is 6.81. The first-order valence-corrected chi connectivity index (χ1v) is 18.5. The number of nitrogens with zero attached hydrogens (tertiary/aromatic N) is 3. The van der Waals surface area contributed by atoms with E-state index in [-0.39, 0.29) is 0 Å².